The predicted molar refractivity (Wildman–Crippen MR) is 80.4 cm³/mol. The highest BCUT2D eigenvalue weighted by Crippen LogP contribution is 2.36. The minimum atomic E-state index is -0.258. The van der Waals surface area contributed by atoms with Gasteiger partial charge in [0.1, 0.15) is 5.54 Å². The lowest BCUT2D eigenvalue weighted by Gasteiger charge is -2.45. The smallest absolute Gasteiger partial charge is 0.108 e. The first kappa shape index (κ1) is 14.3. The Bertz CT molecular complexity index is 390. The van der Waals surface area contributed by atoms with Crippen molar-refractivity contribution < 1.29 is 0 Å². The molecule has 0 amide bonds. The van der Waals surface area contributed by atoms with Crippen LogP contribution in [0.2, 0.25) is 0 Å². The summed E-state index contributed by atoms with van der Waals surface area (Å²) in [7, 11) is 0. The number of hydrogen-bond acceptors (Lipinski definition) is 4. The third-order valence-electron chi connectivity index (χ3n) is 5.67. The van der Waals surface area contributed by atoms with Crippen LogP contribution in [0.5, 0.6) is 0 Å². The van der Waals surface area contributed by atoms with E-state index in [4.69, 9.17) is 0 Å². The van der Waals surface area contributed by atoms with Crippen LogP contribution in [-0.4, -0.2) is 59.6 Å². The van der Waals surface area contributed by atoms with Gasteiger partial charge < -0.3 is 0 Å². The molecule has 0 aromatic carbocycles. The van der Waals surface area contributed by atoms with Crippen LogP contribution in [0.15, 0.2) is 0 Å². The van der Waals surface area contributed by atoms with Gasteiger partial charge in [0, 0.05) is 31.2 Å². The van der Waals surface area contributed by atoms with E-state index in [0.29, 0.717) is 12.1 Å². The molecule has 0 spiro atoms. The van der Waals surface area contributed by atoms with Gasteiger partial charge >= 0.3 is 0 Å². The van der Waals surface area contributed by atoms with E-state index in [9.17, 15) is 5.26 Å². The number of nitriles is 1. The monoisotopic (exact) mass is 276 g/mol. The first-order valence-corrected chi connectivity index (χ1v) is 8.33. The Morgan fingerprint density at radius 2 is 2.15 bits per heavy atom. The highest BCUT2D eigenvalue weighted by molar-refractivity contribution is 5.14. The second-order valence-electron chi connectivity index (χ2n) is 6.96. The number of piperazine rings is 1. The molecule has 1 N–H and O–H groups in total. The van der Waals surface area contributed by atoms with Crippen molar-refractivity contribution in [2.45, 2.75) is 69.6 Å². The Labute approximate surface area is 123 Å². The van der Waals surface area contributed by atoms with Gasteiger partial charge in [-0.1, -0.05) is 6.92 Å². The maximum Gasteiger partial charge on any atom is 0.108 e. The molecule has 2 heterocycles. The molecule has 1 saturated carbocycles. The minimum Gasteiger partial charge on any atom is -0.300 e. The zero-order valence-corrected chi connectivity index (χ0v) is 12.9. The topological polar surface area (TPSA) is 42.3 Å². The van der Waals surface area contributed by atoms with Gasteiger partial charge in [0.15, 0.2) is 0 Å². The van der Waals surface area contributed by atoms with E-state index in [0.717, 1.165) is 25.4 Å². The lowest BCUT2D eigenvalue weighted by molar-refractivity contribution is 0.0282. The first-order valence-electron chi connectivity index (χ1n) is 8.33. The van der Waals surface area contributed by atoms with Crippen molar-refractivity contribution in [3.8, 4) is 6.07 Å². The minimum absolute atomic E-state index is 0.258. The maximum absolute atomic E-state index is 9.54. The number of rotatable bonds is 3. The van der Waals surface area contributed by atoms with E-state index in [2.05, 4.69) is 35.0 Å². The van der Waals surface area contributed by atoms with Crippen LogP contribution in [0.1, 0.15) is 46.0 Å². The van der Waals surface area contributed by atoms with E-state index in [1.165, 1.54) is 38.9 Å². The maximum atomic E-state index is 9.54. The fraction of sp³-hybridized carbons (Fsp3) is 0.938. The van der Waals surface area contributed by atoms with Crippen molar-refractivity contribution in [3.63, 3.8) is 0 Å². The summed E-state index contributed by atoms with van der Waals surface area (Å²) >= 11 is 0. The van der Waals surface area contributed by atoms with Crippen LogP contribution in [0.4, 0.5) is 0 Å². The van der Waals surface area contributed by atoms with Gasteiger partial charge in [-0.3, -0.25) is 15.1 Å². The van der Waals surface area contributed by atoms with Crippen LogP contribution in [0.25, 0.3) is 0 Å². The summed E-state index contributed by atoms with van der Waals surface area (Å²) in [5.74, 6) is 0. The molecule has 3 fully saturated rings. The quantitative estimate of drug-likeness (QED) is 0.850. The molecule has 4 atom stereocenters. The molecule has 0 radical (unpaired) electrons. The lowest BCUT2D eigenvalue weighted by atomic mass is 9.98. The van der Waals surface area contributed by atoms with Gasteiger partial charge in [0.05, 0.1) is 6.07 Å². The highest BCUT2D eigenvalue weighted by Gasteiger charge is 2.44. The Balaban J connectivity index is 1.66. The molecule has 0 aromatic heterocycles. The summed E-state index contributed by atoms with van der Waals surface area (Å²) in [6.07, 6.45) is 5.94. The summed E-state index contributed by atoms with van der Waals surface area (Å²) < 4.78 is 0. The summed E-state index contributed by atoms with van der Waals surface area (Å²) in [4.78, 5) is 5.39. The van der Waals surface area contributed by atoms with Crippen molar-refractivity contribution in [1.82, 2.24) is 15.1 Å². The van der Waals surface area contributed by atoms with Gasteiger partial charge in [-0.2, -0.15) is 5.26 Å². The first-order chi connectivity index (χ1) is 9.67. The van der Waals surface area contributed by atoms with Crippen molar-refractivity contribution in [2.75, 3.05) is 26.2 Å². The van der Waals surface area contributed by atoms with Crippen LogP contribution >= 0.6 is 0 Å². The van der Waals surface area contributed by atoms with Gasteiger partial charge in [0.25, 0.3) is 0 Å². The van der Waals surface area contributed by atoms with E-state index < -0.39 is 0 Å². The predicted octanol–water partition coefficient (Wildman–Crippen LogP) is 1.58. The summed E-state index contributed by atoms with van der Waals surface area (Å²) in [5, 5.41) is 13.0. The third-order valence-corrected chi connectivity index (χ3v) is 5.67. The van der Waals surface area contributed by atoms with E-state index in [-0.39, 0.29) is 5.54 Å². The molecule has 2 saturated heterocycles. The SMILES string of the molecule is CCNC1(C#N)CCC(N2CC3CCCN3CC2C)C1. The molecule has 4 nitrogen and oxygen atoms in total. The third kappa shape index (κ3) is 2.47. The Morgan fingerprint density at radius 3 is 2.90 bits per heavy atom. The van der Waals surface area contributed by atoms with Crippen molar-refractivity contribution in [3.05, 3.63) is 0 Å². The summed E-state index contributed by atoms with van der Waals surface area (Å²) in [6, 6.07) is 4.59. The molecule has 1 aliphatic carbocycles. The van der Waals surface area contributed by atoms with Crippen LogP contribution < -0.4 is 5.32 Å². The number of fused-ring (bicyclic) bond motifs is 1. The molecular formula is C16H28N4. The van der Waals surface area contributed by atoms with Crippen LogP contribution in [0.3, 0.4) is 0 Å². The summed E-state index contributed by atoms with van der Waals surface area (Å²) in [5.41, 5.74) is -0.258. The normalized spacial score (nSPS) is 42.5. The van der Waals surface area contributed by atoms with E-state index >= 15 is 0 Å². The number of hydrogen-bond donors (Lipinski definition) is 1. The average molecular weight is 276 g/mol. The molecule has 0 aromatic rings. The van der Waals surface area contributed by atoms with Crippen molar-refractivity contribution in [2.24, 2.45) is 0 Å². The Hall–Kier alpha value is -0.630. The van der Waals surface area contributed by atoms with Crippen LogP contribution in [0, 0.1) is 11.3 Å². The molecule has 2 aliphatic heterocycles. The molecule has 3 aliphatic rings. The van der Waals surface area contributed by atoms with E-state index in [1.54, 1.807) is 0 Å². The second kappa shape index (κ2) is 5.63. The van der Waals surface area contributed by atoms with Crippen LogP contribution in [-0.2, 0) is 0 Å². The lowest BCUT2D eigenvalue weighted by Crippen LogP contribution is -2.58. The fourth-order valence-corrected chi connectivity index (χ4v) is 4.66. The summed E-state index contributed by atoms with van der Waals surface area (Å²) in [6.45, 7) is 9.11. The van der Waals surface area contributed by atoms with Gasteiger partial charge in [0.2, 0.25) is 0 Å². The highest BCUT2D eigenvalue weighted by atomic mass is 15.3. The van der Waals surface area contributed by atoms with Crippen molar-refractivity contribution in [1.29, 1.82) is 5.26 Å². The van der Waals surface area contributed by atoms with E-state index in [1.807, 2.05) is 0 Å². The molecule has 20 heavy (non-hydrogen) atoms. The second-order valence-corrected chi connectivity index (χ2v) is 6.96. The average Bonchev–Trinajstić information content (AvgIpc) is 3.05. The van der Waals surface area contributed by atoms with Gasteiger partial charge in [-0.15, -0.1) is 0 Å². The molecule has 4 heteroatoms. The number of nitrogens with one attached hydrogen (secondary N) is 1. The fourth-order valence-electron chi connectivity index (χ4n) is 4.66. The molecular weight excluding hydrogens is 248 g/mol. The molecule has 3 rings (SSSR count). The number of nitrogens with zero attached hydrogens (tertiary/aromatic N) is 3. The standard InChI is InChI=1S/C16H28N4/c1-3-18-16(12-17)7-6-14(9-16)20-11-15-5-4-8-19(15)10-13(20)2/h13-15,18H,3-11H2,1-2H3. The van der Waals surface area contributed by atoms with Gasteiger partial charge in [-0.25, -0.2) is 0 Å². The molecule has 4 unspecified atom stereocenters. The molecule has 0 bridgehead atoms. The molecule has 112 valence electrons. The van der Waals surface area contributed by atoms with Gasteiger partial charge in [-0.05, 0) is 52.1 Å². The van der Waals surface area contributed by atoms with Crippen molar-refractivity contribution >= 4 is 0 Å². The largest absolute Gasteiger partial charge is 0.300 e. The zero-order chi connectivity index (χ0) is 14.2. The zero-order valence-electron chi connectivity index (χ0n) is 12.9. The Morgan fingerprint density at radius 1 is 1.30 bits per heavy atom. The Kier molecular flexibility index (Phi) is 4.03.